The van der Waals surface area contributed by atoms with Crippen LogP contribution in [-0.2, 0) is 10.0 Å². The summed E-state index contributed by atoms with van der Waals surface area (Å²) in [6.45, 7) is 1.85. The van der Waals surface area contributed by atoms with Crippen LogP contribution in [-0.4, -0.2) is 13.3 Å². The average molecular weight is 400 g/mol. The standard InChI is InChI=1S/C14H14BrN3O4S/c1-9(10-2-4-11(15)5-3-10)17-13-7-6-12(23(16,21)22)8-14(13)18(19)20/h2-9,17H,1H3,(H2,16,21,22)/t9-/m1/s1. The Labute approximate surface area is 141 Å². The molecule has 0 aliphatic heterocycles. The van der Waals surface area contributed by atoms with E-state index in [1.165, 1.54) is 12.1 Å². The molecule has 2 aromatic rings. The van der Waals surface area contributed by atoms with Gasteiger partial charge in [-0.25, -0.2) is 13.6 Å². The van der Waals surface area contributed by atoms with E-state index in [9.17, 15) is 18.5 Å². The average Bonchev–Trinajstić information content (AvgIpc) is 2.46. The second kappa shape index (κ2) is 6.65. The molecule has 0 aliphatic rings. The van der Waals surface area contributed by atoms with Crippen LogP contribution in [0.2, 0.25) is 0 Å². The summed E-state index contributed by atoms with van der Waals surface area (Å²) in [5.74, 6) is 0. The lowest BCUT2D eigenvalue weighted by molar-refractivity contribution is -0.384. The molecule has 0 aliphatic carbocycles. The van der Waals surface area contributed by atoms with Crippen molar-refractivity contribution < 1.29 is 13.3 Å². The number of nitrogens with two attached hydrogens (primary N) is 1. The highest BCUT2D eigenvalue weighted by atomic mass is 79.9. The van der Waals surface area contributed by atoms with Gasteiger partial charge in [-0.1, -0.05) is 28.1 Å². The van der Waals surface area contributed by atoms with Crippen molar-refractivity contribution in [2.45, 2.75) is 17.9 Å². The van der Waals surface area contributed by atoms with Gasteiger partial charge in [0.25, 0.3) is 5.69 Å². The van der Waals surface area contributed by atoms with Crippen molar-refractivity contribution in [3.05, 3.63) is 62.6 Å². The highest BCUT2D eigenvalue weighted by Gasteiger charge is 2.20. The molecule has 0 aromatic heterocycles. The molecule has 0 saturated carbocycles. The summed E-state index contributed by atoms with van der Waals surface area (Å²) in [6, 6.07) is 10.8. The second-order valence-corrected chi connectivity index (χ2v) is 7.38. The quantitative estimate of drug-likeness (QED) is 0.591. The number of nitro benzene ring substituents is 1. The fourth-order valence-corrected chi connectivity index (χ4v) is 2.83. The Hall–Kier alpha value is -1.97. The van der Waals surface area contributed by atoms with E-state index in [2.05, 4.69) is 21.2 Å². The smallest absolute Gasteiger partial charge is 0.293 e. The number of hydrogen-bond acceptors (Lipinski definition) is 5. The molecule has 2 aromatic carbocycles. The number of benzene rings is 2. The van der Waals surface area contributed by atoms with E-state index in [-0.39, 0.29) is 22.3 Å². The zero-order chi connectivity index (χ0) is 17.2. The number of anilines is 1. The van der Waals surface area contributed by atoms with Crippen LogP contribution in [0, 0.1) is 10.1 Å². The second-order valence-electron chi connectivity index (χ2n) is 4.90. The van der Waals surface area contributed by atoms with Gasteiger partial charge in [-0.05, 0) is 36.8 Å². The highest BCUT2D eigenvalue weighted by molar-refractivity contribution is 9.10. The van der Waals surface area contributed by atoms with E-state index >= 15 is 0 Å². The topological polar surface area (TPSA) is 115 Å². The van der Waals surface area contributed by atoms with Gasteiger partial charge in [-0.15, -0.1) is 0 Å². The molecule has 0 unspecified atom stereocenters. The molecule has 7 nitrogen and oxygen atoms in total. The minimum atomic E-state index is -4.00. The Morgan fingerprint density at radius 2 is 1.83 bits per heavy atom. The van der Waals surface area contributed by atoms with Crippen LogP contribution in [0.15, 0.2) is 51.8 Å². The Morgan fingerprint density at radius 3 is 2.35 bits per heavy atom. The van der Waals surface area contributed by atoms with E-state index < -0.39 is 14.9 Å². The molecule has 0 saturated heterocycles. The number of nitrogens with one attached hydrogen (secondary N) is 1. The molecule has 0 heterocycles. The number of primary sulfonamides is 1. The van der Waals surface area contributed by atoms with Gasteiger partial charge in [-0.2, -0.15) is 0 Å². The molecular weight excluding hydrogens is 386 g/mol. The molecule has 122 valence electrons. The molecule has 0 fully saturated rings. The highest BCUT2D eigenvalue weighted by Crippen LogP contribution is 2.30. The summed E-state index contributed by atoms with van der Waals surface area (Å²) in [4.78, 5) is 10.2. The Kier molecular flexibility index (Phi) is 5.03. The first-order valence-electron chi connectivity index (χ1n) is 6.51. The summed E-state index contributed by atoms with van der Waals surface area (Å²) in [6.07, 6.45) is 0. The molecule has 9 heteroatoms. The largest absolute Gasteiger partial charge is 0.373 e. The lowest BCUT2D eigenvalue weighted by atomic mass is 10.1. The maximum atomic E-state index is 11.3. The van der Waals surface area contributed by atoms with Gasteiger partial charge in [0.05, 0.1) is 9.82 Å². The summed E-state index contributed by atoms with van der Waals surface area (Å²) in [7, 11) is -4.00. The van der Waals surface area contributed by atoms with Crippen LogP contribution in [0.4, 0.5) is 11.4 Å². The summed E-state index contributed by atoms with van der Waals surface area (Å²) in [5.41, 5.74) is 0.802. The zero-order valence-electron chi connectivity index (χ0n) is 12.1. The molecule has 1 atom stereocenters. The summed E-state index contributed by atoms with van der Waals surface area (Å²) >= 11 is 3.34. The Bertz CT molecular complexity index is 838. The molecule has 3 N–H and O–H groups in total. The first-order valence-corrected chi connectivity index (χ1v) is 8.85. The van der Waals surface area contributed by atoms with Crippen molar-refractivity contribution in [2.24, 2.45) is 5.14 Å². The third-order valence-corrected chi connectivity index (χ3v) is 4.68. The minimum Gasteiger partial charge on any atom is -0.373 e. The van der Waals surface area contributed by atoms with Gasteiger partial charge in [0.15, 0.2) is 0 Å². The Morgan fingerprint density at radius 1 is 1.22 bits per heavy atom. The van der Waals surface area contributed by atoms with Crippen molar-refractivity contribution in [3.8, 4) is 0 Å². The van der Waals surface area contributed by atoms with Crippen LogP contribution in [0.25, 0.3) is 0 Å². The number of halogens is 1. The summed E-state index contributed by atoms with van der Waals surface area (Å²) in [5, 5.41) is 19.2. The third kappa shape index (κ3) is 4.27. The normalized spacial score (nSPS) is 12.7. The van der Waals surface area contributed by atoms with E-state index in [0.29, 0.717) is 0 Å². The van der Waals surface area contributed by atoms with Crippen LogP contribution < -0.4 is 10.5 Å². The fourth-order valence-electron chi connectivity index (χ4n) is 2.03. The van der Waals surface area contributed by atoms with Gasteiger partial charge in [0.1, 0.15) is 5.69 Å². The maximum absolute atomic E-state index is 11.3. The molecule has 0 bridgehead atoms. The number of sulfonamides is 1. The van der Waals surface area contributed by atoms with Gasteiger partial charge >= 0.3 is 0 Å². The predicted octanol–water partition coefficient (Wildman–Crippen LogP) is 3.18. The number of nitrogens with zero attached hydrogens (tertiary/aromatic N) is 1. The van der Waals surface area contributed by atoms with Crippen molar-refractivity contribution in [3.63, 3.8) is 0 Å². The molecule has 0 spiro atoms. The fraction of sp³-hybridized carbons (Fsp3) is 0.143. The van der Waals surface area contributed by atoms with Gasteiger partial charge in [-0.3, -0.25) is 10.1 Å². The van der Waals surface area contributed by atoms with Crippen molar-refractivity contribution in [1.82, 2.24) is 0 Å². The minimum absolute atomic E-state index is 0.206. The van der Waals surface area contributed by atoms with Gasteiger partial charge < -0.3 is 5.32 Å². The molecular formula is C14H14BrN3O4S. The summed E-state index contributed by atoms with van der Waals surface area (Å²) < 4.78 is 23.6. The van der Waals surface area contributed by atoms with Gasteiger partial charge in [0, 0.05) is 16.6 Å². The number of nitro groups is 1. The van der Waals surface area contributed by atoms with Crippen LogP contribution in [0.3, 0.4) is 0 Å². The monoisotopic (exact) mass is 399 g/mol. The van der Waals surface area contributed by atoms with E-state index in [4.69, 9.17) is 5.14 Å². The first kappa shape index (κ1) is 17.4. The van der Waals surface area contributed by atoms with Crippen molar-refractivity contribution in [1.29, 1.82) is 0 Å². The maximum Gasteiger partial charge on any atom is 0.293 e. The predicted molar refractivity (Wildman–Crippen MR) is 90.6 cm³/mol. The van der Waals surface area contributed by atoms with E-state index in [1.807, 2.05) is 31.2 Å². The van der Waals surface area contributed by atoms with Crippen molar-refractivity contribution >= 4 is 37.3 Å². The van der Waals surface area contributed by atoms with E-state index in [1.54, 1.807) is 0 Å². The molecule has 23 heavy (non-hydrogen) atoms. The lowest BCUT2D eigenvalue weighted by Gasteiger charge is -2.16. The molecule has 0 radical (unpaired) electrons. The lowest BCUT2D eigenvalue weighted by Crippen LogP contribution is -2.13. The van der Waals surface area contributed by atoms with Crippen LogP contribution in [0.5, 0.6) is 0 Å². The first-order chi connectivity index (χ1) is 10.7. The number of hydrogen-bond donors (Lipinski definition) is 2. The number of rotatable bonds is 5. The van der Waals surface area contributed by atoms with Crippen molar-refractivity contribution in [2.75, 3.05) is 5.32 Å². The SMILES string of the molecule is C[C@@H](Nc1ccc(S(N)(=O)=O)cc1[N+](=O)[O-])c1ccc(Br)cc1. The van der Waals surface area contributed by atoms with Crippen LogP contribution in [0.1, 0.15) is 18.5 Å². The van der Waals surface area contributed by atoms with Gasteiger partial charge in [0.2, 0.25) is 10.0 Å². The molecule has 0 amide bonds. The third-order valence-electron chi connectivity index (χ3n) is 3.24. The zero-order valence-corrected chi connectivity index (χ0v) is 14.5. The van der Waals surface area contributed by atoms with Crippen LogP contribution >= 0.6 is 15.9 Å². The Balaban J connectivity index is 2.35. The van der Waals surface area contributed by atoms with E-state index in [0.717, 1.165) is 16.1 Å². The molecule has 2 rings (SSSR count).